The van der Waals surface area contributed by atoms with Crippen LogP contribution >= 0.6 is 23.5 Å². The summed E-state index contributed by atoms with van der Waals surface area (Å²) in [5.74, 6) is 1.03. The summed E-state index contributed by atoms with van der Waals surface area (Å²) in [4.78, 5) is 12.3. The number of nitrogens with zero attached hydrogens (tertiary/aromatic N) is 1. The minimum absolute atomic E-state index is 0.132. The first-order valence-electron chi connectivity index (χ1n) is 6.96. The van der Waals surface area contributed by atoms with E-state index in [9.17, 15) is 4.79 Å². The molecule has 1 amide bonds. The maximum atomic E-state index is 12.3. The Morgan fingerprint density at radius 2 is 1.95 bits per heavy atom. The van der Waals surface area contributed by atoms with Crippen molar-refractivity contribution < 1.29 is 4.79 Å². The zero-order valence-corrected chi connectivity index (χ0v) is 13.7. The molecule has 1 saturated heterocycles. The van der Waals surface area contributed by atoms with Crippen LogP contribution in [0.4, 0.5) is 17.1 Å². The van der Waals surface area contributed by atoms with Crippen LogP contribution in [0.2, 0.25) is 5.02 Å². The standard InChI is InChI=1S/C16H16ClN3OS/c1-18-15-10-12(4-7-14(15)17)19-16(21)11-2-5-13(6-3-11)20-8-9-22-20/h2-7,10,18H,8-9H2,1H3,(H,19,21). The van der Waals surface area contributed by atoms with Gasteiger partial charge in [0.2, 0.25) is 0 Å². The molecule has 1 aliphatic rings. The number of carbonyl (C=O) groups excluding carboxylic acids is 1. The van der Waals surface area contributed by atoms with E-state index >= 15 is 0 Å². The van der Waals surface area contributed by atoms with E-state index in [1.807, 2.05) is 30.3 Å². The number of halogens is 1. The van der Waals surface area contributed by atoms with Crippen LogP contribution < -0.4 is 14.9 Å². The summed E-state index contributed by atoms with van der Waals surface area (Å²) in [5.41, 5.74) is 3.26. The van der Waals surface area contributed by atoms with Gasteiger partial charge in [0, 0.05) is 36.3 Å². The van der Waals surface area contributed by atoms with Gasteiger partial charge in [0.1, 0.15) is 0 Å². The Balaban J connectivity index is 1.71. The lowest BCUT2D eigenvalue weighted by molar-refractivity contribution is 0.102. The summed E-state index contributed by atoms with van der Waals surface area (Å²) in [6.45, 7) is 1.06. The number of anilines is 3. The van der Waals surface area contributed by atoms with Crippen LogP contribution in [0.3, 0.4) is 0 Å². The molecule has 0 bridgehead atoms. The molecule has 1 fully saturated rings. The SMILES string of the molecule is CNc1cc(NC(=O)c2ccc(N3CCS3)cc2)ccc1Cl. The lowest BCUT2D eigenvalue weighted by Crippen LogP contribution is -2.28. The van der Waals surface area contributed by atoms with Crippen LogP contribution in [0, 0.1) is 0 Å². The molecule has 2 aromatic carbocycles. The van der Waals surface area contributed by atoms with Crippen LogP contribution in [0.25, 0.3) is 0 Å². The van der Waals surface area contributed by atoms with Crippen molar-refractivity contribution in [1.82, 2.24) is 0 Å². The molecule has 2 N–H and O–H groups in total. The van der Waals surface area contributed by atoms with E-state index in [0.717, 1.165) is 23.7 Å². The van der Waals surface area contributed by atoms with Crippen molar-refractivity contribution in [2.45, 2.75) is 0 Å². The van der Waals surface area contributed by atoms with Gasteiger partial charge >= 0.3 is 0 Å². The van der Waals surface area contributed by atoms with Gasteiger partial charge in [-0.2, -0.15) is 0 Å². The Bertz CT molecular complexity index is 686. The number of hydrogen-bond acceptors (Lipinski definition) is 4. The third kappa shape index (κ3) is 3.15. The second-order valence-corrected chi connectivity index (χ2v) is 6.40. The Hall–Kier alpha value is -1.85. The van der Waals surface area contributed by atoms with E-state index in [0.29, 0.717) is 16.3 Å². The van der Waals surface area contributed by atoms with Gasteiger partial charge in [-0.3, -0.25) is 4.79 Å². The van der Waals surface area contributed by atoms with Gasteiger partial charge in [-0.15, -0.1) is 0 Å². The van der Waals surface area contributed by atoms with E-state index in [1.165, 1.54) is 0 Å². The fraction of sp³-hybridized carbons (Fsp3) is 0.188. The van der Waals surface area contributed by atoms with Gasteiger partial charge in [0.15, 0.2) is 0 Å². The van der Waals surface area contributed by atoms with Gasteiger partial charge in [0.05, 0.1) is 10.7 Å². The molecule has 0 atom stereocenters. The summed E-state index contributed by atoms with van der Waals surface area (Å²) in [6.07, 6.45) is 0. The minimum Gasteiger partial charge on any atom is -0.387 e. The second kappa shape index (κ2) is 6.50. The molecular weight excluding hydrogens is 318 g/mol. The van der Waals surface area contributed by atoms with Crippen molar-refractivity contribution in [3.8, 4) is 0 Å². The number of benzene rings is 2. The first kappa shape index (κ1) is 15.1. The molecule has 6 heteroatoms. The molecule has 0 aliphatic carbocycles. The maximum Gasteiger partial charge on any atom is 0.255 e. The molecule has 2 aromatic rings. The Kier molecular flexibility index (Phi) is 4.45. The largest absolute Gasteiger partial charge is 0.387 e. The van der Waals surface area contributed by atoms with Crippen molar-refractivity contribution in [3.63, 3.8) is 0 Å². The van der Waals surface area contributed by atoms with Gasteiger partial charge < -0.3 is 14.9 Å². The Morgan fingerprint density at radius 3 is 2.55 bits per heavy atom. The lowest BCUT2D eigenvalue weighted by atomic mass is 10.2. The van der Waals surface area contributed by atoms with Crippen LogP contribution in [0.15, 0.2) is 42.5 Å². The first-order valence-corrected chi connectivity index (χ1v) is 8.28. The summed E-state index contributed by atoms with van der Waals surface area (Å²) < 4.78 is 2.21. The van der Waals surface area contributed by atoms with Crippen LogP contribution in [-0.2, 0) is 0 Å². The summed E-state index contributed by atoms with van der Waals surface area (Å²) >= 11 is 7.83. The van der Waals surface area contributed by atoms with Crippen molar-refractivity contribution in [3.05, 3.63) is 53.1 Å². The molecule has 22 heavy (non-hydrogen) atoms. The maximum absolute atomic E-state index is 12.3. The minimum atomic E-state index is -0.132. The normalized spacial score (nSPS) is 13.5. The second-order valence-electron chi connectivity index (χ2n) is 4.88. The smallest absolute Gasteiger partial charge is 0.255 e. The van der Waals surface area contributed by atoms with Crippen molar-refractivity contribution in [2.24, 2.45) is 0 Å². The average molecular weight is 334 g/mol. The molecule has 3 rings (SSSR count). The Labute approximate surface area is 139 Å². The zero-order valence-electron chi connectivity index (χ0n) is 12.1. The summed E-state index contributed by atoms with van der Waals surface area (Å²) in [5, 5.41) is 6.49. The summed E-state index contributed by atoms with van der Waals surface area (Å²) in [6, 6.07) is 13.0. The molecular formula is C16H16ClN3OS. The van der Waals surface area contributed by atoms with Crippen LogP contribution in [0.5, 0.6) is 0 Å². The van der Waals surface area contributed by atoms with E-state index in [1.54, 1.807) is 31.1 Å². The molecule has 114 valence electrons. The highest BCUT2D eigenvalue weighted by Gasteiger charge is 2.16. The topological polar surface area (TPSA) is 44.4 Å². The molecule has 0 aromatic heterocycles. The molecule has 0 unspecified atom stereocenters. The van der Waals surface area contributed by atoms with E-state index in [2.05, 4.69) is 14.9 Å². The third-order valence-corrected chi connectivity index (χ3v) is 4.85. The number of amides is 1. The zero-order chi connectivity index (χ0) is 15.5. The van der Waals surface area contributed by atoms with Gasteiger partial charge in [-0.05, 0) is 54.4 Å². The molecule has 0 radical (unpaired) electrons. The van der Waals surface area contributed by atoms with E-state index < -0.39 is 0 Å². The monoisotopic (exact) mass is 333 g/mol. The number of carbonyl (C=O) groups is 1. The first-order chi connectivity index (χ1) is 10.7. The molecule has 0 saturated carbocycles. The quantitative estimate of drug-likeness (QED) is 0.827. The van der Waals surface area contributed by atoms with Gasteiger partial charge in [-0.1, -0.05) is 11.6 Å². The van der Waals surface area contributed by atoms with Crippen molar-refractivity contribution in [2.75, 3.05) is 34.3 Å². The highest BCUT2D eigenvalue weighted by Crippen LogP contribution is 2.29. The van der Waals surface area contributed by atoms with Crippen LogP contribution in [0.1, 0.15) is 10.4 Å². The van der Waals surface area contributed by atoms with Crippen molar-refractivity contribution >= 4 is 46.5 Å². The Morgan fingerprint density at radius 1 is 1.23 bits per heavy atom. The highest BCUT2D eigenvalue weighted by molar-refractivity contribution is 8.02. The fourth-order valence-corrected chi connectivity index (χ4v) is 3.01. The number of rotatable bonds is 4. The highest BCUT2D eigenvalue weighted by atomic mass is 35.5. The molecule has 1 aliphatic heterocycles. The molecule has 4 nitrogen and oxygen atoms in total. The van der Waals surface area contributed by atoms with Gasteiger partial charge in [0.25, 0.3) is 5.91 Å². The fourth-order valence-electron chi connectivity index (χ4n) is 2.16. The lowest BCUT2D eigenvalue weighted by Gasteiger charge is -2.31. The van der Waals surface area contributed by atoms with E-state index in [4.69, 9.17) is 11.6 Å². The van der Waals surface area contributed by atoms with E-state index in [-0.39, 0.29) is 5.91 Å². The van der Waals surface area contributed by atoms with Crippen molar-refractivity contribution in [1.29, 1.82) is 0 Å². The predicted molar refractivity (Wildman–Crippen MR) is 95.2 cm³/mol. The number of hydrogen-bond donors (Lipinski definition) is 2. The van der Waals surface area contributed by atoms with Crippen LogP contribution in [-0.4, -0.2) is 25.3 Å². The number of nitrogens with one attached hydrogen (secondary N) is 2. The average Bonchev–Trinajstić information content (AvgIpc) is 2.48. The molecule has 1 heterocycles. The predicted octanol–water partition coefficient (Wildman–Crippen LogP) is 4.10. The third-order valence-electron chi connectivity index (χ3n) is 3.45. The van der Waals surface area contributed by atoms with Gasteiger partial charge in [-0.25, -0.2) is 0 Å². The molecule has 0 spiro atoms. The summed E-state index contributed by atoms with van der Waals surface area (Å²) in [7, 11) is 1.79.